The summed E-state index contributed by atoms with van der Waals surface area (Å²) in [6.45, 7) is 0. The maximum atomic E-state index is 13.0. The molecule has 0 unspecified atom stereocenters. The molecule has 0 saturated carbocycles. The van der Waals surface area contributed by atoms with Gasteiger partial charge in [-0.2, -0.15) is 0 Å². The molecule has 0 saturated heterocycles. The zero-order chi connectivity index (χ0) is 20.2. The number of aromatic nitrogens is 2. The van der Waals surface area contributed by atoms with E-state index in [1.54, 1.807) is 24.4 Å². The lowest BCUT2D eigenvalue weighted by Gasteiger charge is -2.13. The van der Waals surface area contributed by atoms with Crippen LogP contribution in [0.15, 0.2) is 66.3 Å². The van der Waals surface area contributed by atoms with Crippen molar-refractivity contribution >= 4 is 50.6 Å². The monoisotopic (exact) mass is 403 g/mol. The summed E-state index contributed by atoms with van der Waals surface area (Å²) in [6.07, 6.45) is 3.09. The predicted molar refractivity (Wildman–Crippen MR) is 115 cm³/mol. The first kappa shape index (κ1) is 18.6. The van der Waals surface area contributed by atoms with Gasteiger partial charge < -0.3 is 16.0 Å². The number of hydrogen-bond donors (Lipinski definition) is 3. The summed E-state index contributed by atoms with van der Waals surface area (Å²) in [4.78, 5) is 33.5. The number of thiophene rings is 1. The van der Waals surface area contributed by atoms with E-state index in [0.717, 1.165) is 10.1 Å². The van der Waals surface area contributed by atoms with Gasteiger partial charge in [-0.05, 0) is 24.3 Å². The van der Waals surface area contributed by atoms with Crippen LogP contribution in [0.3, 0.4) is 0 Å². The second-order valence-corrected chi connectivity index (χ2v) is 7.05. The molecule has 1 aromatic carbocycles. The molecule has 3 N–H and O–H groups in total. The van der Waals surface area contributed by atoms with Gasteiger partial charge in [0, 0.05) is 34.9 Å². The summed E-state index contributed by atoms with van der Waals surface area (Å²) in [7, 11) is 1.54. The average Bonchev–Trinajstić information content (AvgIpc) is 3.19. The van der Waals surface area contributed by atoms with Gasteiger partial charge in [-0.3, -0.25) is 9.59 Å². The van der Waals surface area contributed by atoms with Crippen molar-refractivity contribution in [2.45, 2.75) is 0 Å². The van der Waals surface area contributed by atoms with Crippen LogP contribution in [-0.4, -0.2) is 28.8 Å². The van der Waals surface area contributed by atoms with E-state index in [1.165, 1.54) is 24.6 Å². The van der Waals surface area contributed by atoms with E-state index < -0.39 is 0 Å². The van der Waals surface area contributed by atoms with Crippen molar-refractivity contribution in [3.8, 4) is 0 Å². The van der Waals surface area contributed by atoms with Crippen LogP contribution in [0.4, 0.5) is 17.3 Å². The highest BCUT2D eigenvalue weighted by Crippen LogP contribution is 2.28. The van der Waals surface area contributed by atoms with Crippen LogP contribution in [0.2, 0.25) is 0 Å². The minimum atomic E-state index is -0.293. The lowest BCUT2D eigenvalue weighted by atomic mass is 10.1. The van der Waals surface area contributed by atoms with Crippen LogP contribution < -0.4 is 16.0 Å². The van der Waals surface area contributed by atoms with Gasteiger partial charge in [-0.15, -0.1) is 11.3 Å². The third-order valence-corrected chi connectivity index (χ3v) is 5.23. The van der Waals surface area contributed by atoms with Gasteiger partial charge in [-0.1, -0.05) is 24.3 Å². The molecule has 2 amide bonds. The predicted octanol–water partition coefficient (Wildman–Crippen LogP) is 4.05. The Balaban J connectivity index is 1.69. The second-order valence-electron chi connectivity index (χ2n) is 6.14. The Kier molecular flexibility index (Phi) is 5.17. The normalized spacial score (nSPS) is 10.5. The highest BCUT2D eigenvalue weighted by molar-refractivity contribution is 7.17. The standard InChI is InChI=1S/C21H17N5O2S/c1-22-20(27)13-10-16(19(24-11-13)26-18-8-4-5-9-23-18)25-21(28)15-12-29-17-7-3-2-6-14(15)17/h2-12H,1H3,(H,22,27)(H,25,28)(H,23,24,26). The fraction of sp³-hybridized carbons (Fsp3) is 0.0476. The minimum Gasteiger partial charge on any atom is -0.355 e. The molecule has 0 aliphatic heterocycles. The van der Waals surface area contributed by atoms with Crippen LogP contribution in [0.1, 0.15) is 20.7 Å². The number of amides is 2. The molecular weight excluding hydrogens is 386 g/mol. The van der Waals surface area contributed by atoms with Crippen molar-refractivity contribution in [2.75, 3.05) is 17.7 Å². The van der Waals surface area contributed by atoms with Gasteiger partial charge >= 0.3 is 0 Å². The van der Waals surface area contributed by atoms with Crippen molar-refractivity contribution < 1.29 is 9.59 Å². The molecule has 0 bridgehead atoms. The summed E-state index contributed by atoms with van der Waals surface area (Å²) >= 11 is 1.51. The topological polar surface area (TPSA) is 96.0 Å². The highest BCUT2D eigenvalue weighted by Gasteiger charge is 2.17. The molecule has 8 heteroatoms. The SMILES string of the molecule is CNC(=O)c1cnc(Nc2ccccn2)c(NC(=O)c2csc3ccccc23)c1. The van der Waals surface area contributed by atoms with Crippen molar-refractivity contribution in [2.24, 2.45) is 0 Å². The molecule has 0 spiro atoms. The Morgan fingerprint density at radius 1 is 1.00 bits per heavy atom. The average molecular weight is 403 g/mol. The Morgan fingerprint density at radius 2 is 1.83 bits per heavy atom. The third kappa shape index (κ3) is 3.92. The summed E-state index contributed by atoms with van der Waals surface area (Å²) in [5.41, 5.74) is 1.29. The van der Waals surface area contributed by atoms with Gasteiger partial charge in [0.15, 0.2) is 5.82 Å². The second kappa shape index (κ2) is 8.07. The number of carbonyl (C=O) groups is 2. The molecule has 144 valence electrons. The number of fused-ring (bicyclic) bond motifs is 1. The van der Waals surface area contributed by atoms with Crippen molar-refractivity contribution in [3.05, 3.63) is 77.4 Å². The largest absolute Gasteiger partial charge is 0.355 e. The number of nitrogens with zero attached hydrogens (tertiary/aromatic N) is 2. The smallest absolute Gasteiger partial charge is 0.257 e. The summed E-state index contributed by atoms with van der Waals surface area (Å²) in [5.74, 6) is 0.397. The summed E-state index contributed by atoms with van der Waals surface area (Å²) < 4.78 is 1.03. The molecule has 3 aromatic heterocycles. The van der Waals surface area contributed by atoms with E-state index in [1.807, 2.05) is 35.7 Å². The Labute approximate surface area is 170 Å². The van der Waals surface area contributed by atoms with Crippen molar-refractivity contribution in [1.29, 1.82) is 0 Å². The van der Waals surface area contributed by atoms with E-state index in [-0.39, 0.29) is 11.8 Å². The van der Waals surface area contributed by atoms with Crippen LogP contribution in [0.25, 0.3) is 10.1 Å². The fourth-order valence-corrected chi connectivity index (χ4v) is 3.77. The number of hydrogen-bond acceptors (Lipinski definition) is 6. The molecule has 0 radical (unpaired) electrons. The molecule has 7 nitrogen and oxygen atoms in total. The number of nitrogens with one attached hydrogen (secondary N) is 3. The van der Waals surface area contributed by atoms with Crippen molar-refractivity contribution in [1.82, 2.24) is 15.3 Å². The molecule has 4 rings (SSSR count). The number of carbonyl (C=O) groups excluding carboxylic acids is 2. The van der Waals surface area contributed by atoms with E-state index in [4.69, 9.17) is 0 Å². The minimum absolute atomic E-state index is 0.276. The molecule has 0 aliphatic carbocycles. The van der Waals surface area contributed by atoms with E-state index in [2.05, 4.69) is 25.9 Å². The number of anilines is 3. The zero-order valence-corrected chi connectivity index (χ0v) is 16.3. The highest BCUT2D eigenvalue weighted by atomic mass is 32.1. The van der Waals surface area contributed by atoms with Crippen molar-refractivity contribution in [3.63, 3.8) is 0 Å². The maximum absolute atomic E-state index is 13.0. The summed E-state index contributed by atoms with van der Waals surface area (Å²) in [5, 5.41) is 11.2. The van der Waals surface area contributed by atoms with Crippen LogP contribution in [0.5, 0.6) is 0 Å². The zero-order valence-electron chi connectivity index (χ0n) is 15.5. The fourth-order valence-electron chi connectivity index (χ4n) is 2.83. The quantitative estimate of drug-likeness (QED) is 0.467. The Hall–Kier alpha value is -3.78. The Morgan fingerprint density at radius 3 is 2.62 bits per heavy atom. The van der Waals surface area contributed by atoms with Gasteiger partial charge in [0.1, 0.15) is 5.82 Å². The van der Waals surface area contributed by atoms with Crippen LogP contribution >= 0.6 is 11.3 Å². The maximum Gasteiger partial charge on any atom is 0.257 e. The number of rotatable bonds is 5. The molecule has 4 aromatic rings. The lowest BCUT2D eigenvalue weighted by molar-refractivity contribution is 0.0961. The molecule has 3 heterocycles. The molecular formula is C21H17N5O2S. The lowest BCUT2D eigenvalue weighted by Crippen LogP contribution is -2.19. The number of benzene rings is 1. The first-order valence-electron chi connectivity index (χ1n) is 8.83. The molecule has 0 atom stereocenters. The van der Waals surface area contributed by atoms with Gasteiger partial charge in [-0.25, -0.2) is 9.97 Å². The van der Waals surface area contributed by atoms with Gasteiger partial charge in [0.25, 0.3) is 11.8 Å². The van der Waals surface area contributed by atoms with Crippen LogP contribution in [-0.2, 0) is 0 Å². The summed E-state index contributed by atoms with van der Waals surface area (Å²) in [6, 6.07) is 14.7. The van der Waals surface area contributed by atoms with Gasteiger partial charge in [0.05, 0.1) is 16.8 Å². The van der Waals surface area contributed by atoms with Crippen LogP contribution in [0, 0.1) is 0 Å². The van der Waals surface area contributed by atoms with E-state index in [9.17, 15) is 9.59 Å². The first-order chi connectivity index (χ1) is 14.2. The van der Waals surface area contributed by atoms with Gasteiger partial charge in [0.2, 0.25) is 0 Å². The third-order valence-electron chi connectivity index (χ3n) is 4.26. The van der Waals surface area contributed by atoms with E-state index in [0.29, 0.717) is 28.5 Å². The molecule has 0 fully saturated rings. The number of pyridine rings is 2. The molecule has 0 aliphatic rings. The molecule has 29 heavy (non-hydrogen) atoms. The van der Waals surface area contributed by atoms with E-state index >= 15 is 0 Å². The first-order valence-corrected chi connectivity index (χ1v) is 9.71. The Bertz CT molecular complexity index is 1190.